The summed E-state index contributed by atoms with van der Waals surface area (Å²) in [5.74, 6) is 0.768. The van der Waals surface area contributed by atoms with Crippen LogP contribution in [-0.2, 0) is 15.8 Å². The van der Waals surface area contributed by atoms with Crippen LogP contribution in [0.4, 0.5) is 0 Å². The number of fused-ring (bicyclic) bond motifs is 3. The van der Waals surface area contributed by atoms with Gasteiger partial charge in [0.05, 0.1) is 12.2 Å². The lowest BCUT2D eigenvalue weighted by Crippen LogP contribution is -2.62. The van der Waals surface area contributed by atoms with Crippen LogP contribution < -0.4 is 5.32 Å². The van der Waals surface area contributed by atoms with Crippen molar-refractivity contribution in [2.24, 2.45) is 4.99 Å². The molecule has 10 nitrogen and oxygen atoms in total. The van der Waals surface area contributed by atoms with Crippen LogP contribution in [-0.4, -0.2) is 117 Å². The fourth-order valence-corrected chi connectivity index (χ4v) is 5.71. The second-order valence-electron chi connectivity index (χ2n) is 7.82. The maximum atomic E-state index is 12.6. The zero-order chi connectivity index (χ0) is 20.3. The molecule has 1 N–H and O–H groups in total. The summed E-state index contributed by atoms with van der Waals surface area (Å²) in [6.07, 6.45) is 1.40. The number of hydrogen-bond donors (Lipinski definition) is 1. The molecule has 2 bridgehead atoms. The highest BCUT2D eigenvalue weighted by Gasteiger charge is 2.32. The molecule has 4 aliphatic rings. The standard InChI is InChI=1S/C18H31N7O3S.HI/c1-2-19-18(20-13-17-14-22-4-6-23(17)7-5-22)24-8-10-25(11-9-24)29(26,27)15-16-3-12-28-21-16;/h3,12,17H,2,4-11,13-15H2,1H3,(H,19,20);1H. The molecule has 4 aliphatic heterocycles. The zero-order valence-electron chi connectivity index (χ0n) is 17.4. The van der Waals surface area contributed by atoms with Crippen molar-refractivity contribution in [1.82, 2.24) is 29.5 Å². The molecule has 1 aromatic heterocycles. The topological polar surface area (TPSA) is 97.5 Å². The molecule has 4 fully saturated rings. The third-order valence-corrected chi connectivity index (χ3v) is 7.74. The Morgan fingerprint density at radius 1 is 1.20 bits per heavy atom. The van der Waals surface area contributed by atoms with Gasteiger partial charge < -0.3 is 14.7 Å². The Hall–Kier alpha value is -0.960. The van der Waals surface area contributed by atoms with Crippen LogP contribution in [0.25, 0.3) is 0 Å². The number of nitrogens with one attached hydrogen (secondary N) is 1. The van der Waals surface area contributed by atoms with Crippen LogP contribution in [0.3, 0.4) is 0 Å². The number of nitrogens with zero attached hydrogens (tertiary/aromatic N) is 6. The van der Waals surface area contributed by atoms with Crippen LogP contribution in [0.15, 0.2) is 21.8 Å². The Morgan fingerprint density at radius 2 is 1.93 bits per heavy atom. The number of sulfonamides is 1. The molecule has 170 valence electrons. The summed E-state index contributed by atoms with van der Waals surface area (Å²) in [5.41, 5.74) is 0.440. The van der Waals surface area contributed by atoms with E-state index in [1.807, 2.05) is 0 Å². The van der Waals surface area contributed by atoms with Crippen molar-refractivity contribution >= 4 is 40.0 Å². The first-order chi connectivity index (χ1) is 14.0. The van der Waals surface area contributed by atoms with Crippen molar-refractivity contribution < 1.29 is 12.9 Å². The quantitative estimate of drug-likeness (QED) is 0.292. The summed E-state index contributed by atoms with van der Waals surface area (Å²) < 4.78 is 31.6. The molecule has 12 heteroatoms. The van der Waals surface area contributed by atoms with Crippen molar-refractivity contribution in [3.05, 3.63) is 18.0 Å². The Morgan fingerprint density at radius 3 is 2.50 bits per heavy atom. The highest BCUT2D eigenvalue weighted by atomic mass is 127. The Balaban J connectivity index is 0.00000256. The third-order valence-electron chi connectivity index (χ3n) is 5.93. The number of piperazine rings is 4. The van der Waals surface area contributed by atoms with E-state index in [-0.39, 0.29) is 29.7 Å². The SMILES string of the molecule is CCNC(=NCC1CN2CCN1CC2)N1CCN(S(=O)(=O)Cc2ccon2)CC1.I. The van der Waals surface area contributed by atoms with Crippen LogP contribution in [0.1, 0.15) is 12.6 Å². The zero-order valence-corrected chi connectivity index (χ0v) is 20.6. The van der Waals surface area contributed by atoms with Crippen molar-refractivity contribution in [2.45, 2.75) is 18.7 Å². The lowest BCUT2D eigenvalue weighted by Gasteiger charge is -2.47. The summed E-state index contributed by atoms with van der Waals surface area (Å²) in [4.78, 5) is 12.1. The van der Waals surface area contributed by atoms with Gasteiger partial charge in [-0.25, -0.2) is 8.42 Å². The second-order valence-corrected chi connectivity index (χ2v) is 9.79. The van der Waals surface area contributed by atoms with Crippen molar-refractivity contribution in [2.75, 3.05) is 72.0 Å². The van der Waals surface area contributed by atoms with Crippen molar-refractivity contribution in [3.63, 3.8) is 0 Å². The molecule has 30 heavy (non-hydrogen) atoms. The molecule has 0 radical (unpaired) electrons. The summed E-state index contributed by atoms with van der Waals surface area (Å²) in [6.45, 7) is 11.5. The first kappa shape index (κ1) is 23.7. The lowest BCUT2D eigenvalue weighted by atomic mass is 10.1. The van der Waals surface area contributed by atoms with Gasteiger partial charge in [-0.1, -0.05) is 5.16 Å². The number of hydrogen-bond acceptors (Lipinski definition) is 7. The fourth-order valence-electron chi connectivity index (χ4n) is 4.28. The normalized spacial score (nSPS) is 27.7. The molecular weight excluding hydrogens is 521 g/mol. The Kier molecular flexibility index (Phi) is 8.35. The maximum absolute atomic E-state index is 12.6. The summed E-state index contributed by atoms with van der Waals surface area (Å²) in [5, 5.41) is 7.10. The van der Waals surface area contributed by atoms with E-state index in [1.54, 1.807) is 10.4 Å². The number of guanidine groups is 1. The van der Waals surface area contributed by atoms with E-state index in [0.717, 1.165) is 38.7 Å². The van der Waals surface area contributed by atoms with Gasteiger partial charge >= 0.3 is 0 Å². The van der Waals surface area contributed by atoms with E-state index in [4.69, 9.17) is 9.52 Å². The molecule has 5 rings (SSSR count). The van der Waals surface area contributed by atoms with Crippen LogP contribution in [0.2, 0.25) is 0 Å². The van der Waals surface area contributed by atoms with Gasteiger partial charge in [0, 0.05) is 77.6 Å². The highest BCUT2D eigenvalue weighted by molar-refractivity contribution is 14.0. The molecule has 0 saturated carbocycles. The fraction of sp³-hybridized carbons (Fsp3) is 0.778. The average molecular weight is 553 g/mol. The summed E-state index contributed by atoms with van der Waals surface area (Å²) in [7, 11) is -3.39. The minimum absolute atomic E-state index is 0. The van der Waals surface area contributed by atoms with E-state index >= 15 is 0 Å². The van der Waals surface area contributed by atoms with E-state index in [1.165, 1.54) is 19.4 Å². The molecular formula is C18H32IN7O3S. The van der Waals surface area contributed by atoms with E-state index in [9.17, 15) is 8.42 Å². The lowest BCUT2D eigenvalue weighted by molar-refractivity contribution is 0.0173. The van der Waals surface area contributed by atoms with Crippen LogP contribution >= 0.6 is 24.0 Å². The van der Waals surface area contributed by atoms with Gasteiger partial charge in [0.15, 0.2) is 5.96 Å². The molecule has 0 spiro atoms. The van der Waals surface area contributed by atoms with Gasteiger partial charge in [0.1, 0.15) is 12.0 Å². The van der Waals surface area contributed by atoms with Crippen LogP contribution in [0, 0.1) is 0 Å². The molecule has 1 aromatic rings. The van der Waals surface area contributed by atoms with Gasteiger partial charge in [-0.2, -0.15) is 4.31 Å². The summed E-state index contributed by atoms with van der Waals surface area (Å²) in [6, 6.07) is 2.07. The molecule has 5 heterocycles. The molecule has 1 atom stereocenters. The molecule has 1 unspecified atom stereocenters. The monoisotopic (exact) mass is 553 g/mol. The number of aliphatic imine (C=N–C) groups is 1. The predicted octanol–water partition coefficient (Wildman–Crippen LogP) is -0.295. The minimum atomic E-state index is -3.39. The van der Waals surface area contributed by atoms with Gasteiger partial charge in [-0.3, -0.25) is 14.8 Å². The summed E-state index contributed by atoms with van der Waals surface area (Å²) >= 11 is 0. The molecule has 0 aliphatic carbocycles. The maximum Gasteiger partial charge on any atom is 0.220 e. The minimum Gasteiger partial charge on any atom is -0.364 e. The van der Waals surface area contributed by atoms with E-state index in [2.05, 4.69) is 32.1 Å². The van der Waals surface area contributed by atoms with Gasteiger partial charge in [0.2, 0.25) is 10.0 Å². The number of aromatic nitrogens is 1. The van der Waals surface area contributed by atoms with Gasteiger partial charge in [-0.05, 0) is 6.92 Å². The van der Waals surface area contributed by atoms with Crippen molar-refractivity contribution in [1.29, 1.82) is 0 Å². The molecule has 4 saturated heterocycles. The first-order valence-electron chi connectivity index (χ1n) is 10.4. The molecule has 0 aromatic carbocycles. The van der Waals surface area contributed by atoms with Crippen molar-refractivity contribution in [3.8, 4) is 0 Å². The van der Waals surface area contributed by atoms with E-state index in [0.29, 0.717) is 37.9 Å². The number of rotatable bonds is 6. The molecule has 0 amide bonds. The highest BCUT2D eigenvalue weighted by Crippen LogP contribution is 2.16. The Labute approximate surface area is 195 Å². The first-order valence-corrected chi connectivity index (χ1v) is 12.0. The van der Waals surface area contributed by atoms with Gasteiger partial charge in [0.25, 0.3) is 0 Å². The largest absolute Gasteiger partial charge is 0.364 e. The van der Waals surface area contributed by atoms with Gasteiger partial charge in [-0.15, -0.1) is 24.0 Å². The average Bonchev–Trinajstić information content (AvgIpc) is 3.24. The number of halogens is 1. The smallest absolute Gasteiger partial charge is 0.220 e. The second kappa shape index (κ2) is 10.6. The third kappa shape index (κ3) is 5.64. The predicted molar refractivity (Wildman–Crippen MR) is 125 cm³/mol. The Bertz CT molecular complexity index is 789. The van der Waals surface area contributed by atoms with Crippen LogP contribution in [0.5, 0.6) is 0 Å². The van der Waals surface area contributed by atoms with E-state index < -0.39 is 10.0 Å².